The maximum absolute atomic E-state index is 11.7. The van der Waals surface area contributed by atoms with Crippen molar-refractivity contribution in [1.82, 2.24) is 10.2 Å². The molecule has 1 unspecified atom stereocenters. The van der Waals surface area contributed by atoms with Crippen LogP contribution in [0.1, 0.15) is 11.5 Å². The van der Waals surface area contributed by atoms with Gasteiger partial charge in [0.25, 0.3) is 0 Å². The molecule has 0 aliphatic carbocycles. The molecule has 1 atom stereocenters. The summed E-state index contributed by atoms with van der Waals surface area (Å²) in [4.78, 5) is 23.8. The summed E-state index contributed by atoms with van der Waals surface area (Å²) in [7, 11) is 2.87. The largest absolute Gasteiger partial charge is 0.479 e. The van der Waals surface area contributed by atoms with Crippen LogP contribution in [0.4, 0.5) is 4.79 Å². The van der Waals surface area contributed by atoms with E-state index < -0.39 is 18.1 Å². The van der Waals surface area contributed by atoms with Gasteiger partial charge in [0.2, 0.25) is 0 Å². The van der Waals surface area contributed by atoms with E-state index in [4.69, 9.17) is 14.3 Å². The molecule has 0 bridgehead atoms. The number of hydrogen-bond acceptors (Lipinski definition) is 4. The van der Waals surface area contributed by atoms with Gasteiger partial charge in [-0.25, -0.2) is 9.59 Å². The van der Waals surface area contributed by atoms with Crippen LogP contribution in [0.3, 0.4) is 0 Å². The SMILES string of the molecule is COC(CNC(=O)N(C)Cc1ccc(C)o1)C(=O)O. The molecule has 7 nitrogen and oxygen atoms in total. The van der Waals surface area contributed by atoms with E-state index in [1.807, 2.05) is 13.0 Å². The second-order valence-corrected chi connectivity index (χ2v) is 4.12. The van der Waals surface area contributed by atoms with Gasteiger partial charge in [-0.1, -0.05) is 0 Å². The number of carbonyl (C=O) groups is 2. The van der Waals surface area contributed by atoms with Crippen molar-refractivity contribution in [2.75, 3.05) is 20.7 Å². The van der Waals surface area contributed by atoms with Crippen LogP contribution in [-0.4, -0.2) is 48.8 Å². The topological polar surface area (TPSA) is 92.0 Å². The Hall–Kier alpha value is -2.02. The van der Waals surface area contributed by atoms with E-state index in [1.165, 1.54) is 12.0 Å². The summed E-state index contributed by atoms with van der Waals surface area (Å²) in [5.74, 6) is 0.318. The number of ether oxygens (including phenoxy) is 1. The van der Waals surface area contributed by atoms with Gasteiger partial charge >= 0.3 is 12.0 Å². The van der Waals surface area contributed by atoms with Crippen LogP contribution in [0.2, 0.25) is 0 Å². The van der Waals surface area contributed by atoms with Crippen molar-refractivity contribution in [3.63, 3.8) is 0 Å². The Labute approximate surface area is 111 Å². The number of hydrogen-bond donors (Lipinski definition) is 2. The maximum atomic E-state index is 11.7. The van der Waals surface area contributed by atoms with Gasteiger partial charge in [-0.05, 0) is 19.1 Å². The van der Waals surface area contributed by atoms with E-state index in [-0.39, 0.29) is 6.54 Å². The molecule has 0 saturated heterocycles. The fraction of sp³-hybridized carbons (Fsp3) is 0.500. The summed E-state index contributed by atoms with van der Waals surface area (Å²) in [6.07, 6.45) is -1.05. The molecule has 0 radical (unpaired) electrons. The van der Waals surface area contributed by atoms with Crippen LogP contribution in [0.25, 0.3) is 0 Å². The number of nitrogens with one attached hydrogen (secondary N) is 1. The van der Waals surface area contributed by atoms with Crippen LogP contribution < -0.4 is 5.32 Å². The van der Waals surface area contributed by atoms with Gasteiger partial charge in [-0.2, -0.15) is 0 Å². The minimum Gasteiger partial charge on any atom is -0.479 e. The molecule has 0 aliphatic heterocycles. The molecule has 2 amide bonds. The molecule has 0 aromatic carbocycles. The highest BCUT2D eigenvalue weighted by Crippen LogP contribution is 2.08. The van der Waals surface area contributed by atoms with Crippen LogP contribution in [0, 0.1) is 6.92 Å². The highest BCUT2D eigenvalue weighted by Gasteiger charge is 2.18. The van der Waals surface area contributed by atoms with Gasteiger partial charge in [0.05, 0.1) is 13.1 Å². The highest BCUT2D eigenvalue weighted by atomic mass is 16.5. The van der Waals surface area contributed by atoms with Crippen molar-refractivity contribution in [3.8, 4) is 0 Å². The zero-order chi connectivity index (χ0) is 14.4. The number of furan rings is 1. The predicted octanol–water partition coefficient (Wildman–Crippen LogP) is 0.829. The third-order valence-electron chi connectivity index (χ3n) is 2.53. The lowest BCUT2D eigenvalue weighted by atomic mass is 10.3. The summed E-state index contributed by atoms with van der Waals surface area (Å²) in [6.45, 7) is 2.04. The van der Waals surface area contributed by atoms with Crippen molar-refractivity contribution < 1.29 is 23.8 Å². The van der Waals surface area contributed by atoms with E-state index in [9.17, 15) is 9.59 Å². The fourth-order valence-electron chi connectivity index (χ4n) is 1.46. The Bertz CT molecular complexity index is 443. The van der Waals surface area contributed by atoms with E-state index in [0.717, 1.165) is 5.76 Å². The smallest absolute Gasteiger partial charge is 0.334 e. The average molecular weight is 270 g/mol. The summed E-state index contributed by atoms with van der Waals surface area (Å²) >= 11 is 0. The minimum absolute atomic E-state index is 0.0911. The fourth-order valence-corrected chi connectivity index (χ4v) is 1.46. The first-order valence-corrected chi connectivity index (χ1v) is 5.74. The molecule has 7 heteroatoms. The number of urea groups is 1. The molecule has 106 valence electrons. The number of aliphatic carboxylic acids is 1. The lowest BCUT2D eigenvalue weighted by Gasteiger charge is -2.18. The van der Waals surface area contributed by atoms with Crippen molar-refractivity contribution in [2.24, 2.45) is 0 Å². The zero-order valence-corrected chi connectivity index (χ0v) is 11.2. The third-order valence-corrected chi connectivity index (χ3v) is 2.53. The summed E-state index contributed by atoms with van der Waals surface area (Å²) in [6, 6.07) is 3.21. The number of aryl methyl sites for hydroxylation is 1. The number of nitrogens with zero attached hydrogens (tertiary/aromatic N) is 1. The number of amides is 2. The molecule has 1 aromatic rings. The monoisotopic (exact) mass is 270 g/mol. The predicted molar refractivity (Wildman–Crippen MR) is 66.7 cm³/mol. The molecule has 2 N–H and O–H groups in total. The summed E-state index contributed by atoms with van der Waals surface area (Å²) in [5.41, 5.74) is 0. The van der Waals surface area contributed by atoms with Crippen molar-refractivity contribution in [3.05, 3.63) is 23.7 Å². The lowest BCUT2D eigenvalue weighted by molar-refractivity contribution is -0.148. The number of carbonyl (C=O) groups excluding carboxylic acids is 1. The first-order valence-electron chi connectivity index (χ1n) is 5.74. The quantitative estimate of drug-likeness (QED) is 0.798. The number of carboxylic acids is 1. The van der Waals surface area contributed by atoms with Gasteiger partial charge in [0, 0.05) is 14.2 Å². The zero-order valence-electron chi connectivity index (χ0n) is 11.2. The van der Waals surface area contributed by atoms with Crippen molar-refractivity contribution in [1.29, 1.82) is 0 Å². The van der Waals surface area contributed by atoms with Gasteiger partial charge in [-0.3, -0.25) is 0 Å². The van der Waals surface area contributed by atoms with Crippen LogP contribution in [0.5, 0.6) is 0 Å². The molecule has 0 fully saturated rings. The van der Waals surface area contributed by atoms with Crippen LogP contribution in [0.15, 0.2) is 16.5 Å². The second kappa shape index (κ2) is 6.79. The number of rotatable bonds is 6. The van der Waals surface area contributed by atoms with Gasteiger partial charge in [0.1, 0.15) is 11.5 Å². The van der Waals surface area contributed by atoms with Gasteiger partial charge < -0.3 is 24.5 Å². The Morgan fingerprint density at radius 1 is 1.53 bits per heavy atom. The minimum atomic E-state index is -1.12. The Morgan fingerprint density at radius 3 is 2.68 bits per heavy atom. The Balaban J connectivity index is 2.42. The third kappa shape index (κ3) is 4.63. The molecular weight excluding hydrogens is 252 g/mol. The summed E-state index contributed by atoms with van der Waals surface area (Å²) < 4.78 is 10.1. The second-order valence-electron chi connectivity index (χ2n) is 4.12. The normalized spacial score (nSPS) is 11.9. The molecule has 1 heterocycles. The van der Waals surface area contributed by atoms with E-state index in [2.05, 4.69) is 5.32 Å². The van der Waals surface area contributed by atoms with Crippen LogP contribution >= 0.6 is 0 Å². The van der Waals surface area contributed by atoms with Crippen molar-refractivity contribution in [2.45, 2.75) is 19.6 Å². The van der Waals surface area contributed by atoms with E-state index in [0.29, 0.717) is 12.3 Å². The standard InChI is InChI=1S/C12H18N2O5/c1-8-4-5-9(19-8)7-14(2)12(17)13-6-10(18-3)11(15)16/h4-5,10H,6-7H2,1-3H3,(H,13,17)(H,15,16). The summed E-state index contributed by atoms with van der Waals surface area (Å²) in [5, 5.41) is 11.2. The molecule has 19 heavy (non-hydrogen) atoms. The molecule has 1 aromatic heterocycles. The molecule has 0 spiro atoms. The van der Waals surface area contributed by atoms with Crippen LogP contribution in [-0.2, 0) is 16.1 Å². The molecule has 0 aliphatic rings. The number of methoxy groups -OCH3 is 1. The van der Waals surface area contributed by atoms with Crippen molar-refractivity contribution >= 4 is 12.0 Å². The van der Waals surface area contributed by atoms with E-state index >= 15 is 0 Å². The Morgan fingerprint density at radius 2 is 2.21 bits per heavy atom. The average Bonchev–Trinajstić information content (AvgIpc) is 2.74. The maximum Gasteiger partial charge on any atom is 0.334 e. The highest BCUT2D eigenvalue weighted by molar-refractivity contribution is 5.76. The number of carboxylic acid groups (broad SMARTS) is 1. The van der Waals surface area contributed by atoms with E-state index in [1.54, 1.807) is 13.1 Å². The van der Waals surface area contributed by atoms with Gasteiger partial charge in [0.15, 0.2) is 6.10 Å². The lowest BCUT2D eigenvalue weighted by Crippen LogP contribution is -2.43. The first kappa shape index (κ1) is 15.0. The van der Waals surface area contributed by atoms with Gasteiger partial charge in [-0.15, -0.1) is 0 Å². The molecule has 0 saturated carbocycles. The first-order chi connectivity index (χ1) is 8.93. The Kier molecular flexibility index (Phi) is 5.37. The molecule has 1 rings (SSSR count). The molecular formula is C12H18N2O5.